The van der Waals surface area contributed by atoms with Gasteiger partial charge in [0.05, 0.1) is 24.0 Å². The lowest BCUT2D eigenvalue weighted by Gasteiger charge is -2.30. The van der Waals surface area contributed by atoms with Gasteiger partial charge in [0.2, 0.25) is 0 Å². The van der Waals surface area contributed by atoms with Crippen LogP contribution in [-0.4, -0.2) is 39.9 Å². The number of nitrogens with zero attached hydrogens (tertiary/aromatic N) is 5. The summed E-state index contributed by atoms with van der Waals surface area (Å²) in [4.78, 5) is 11.6. The Morgan fingerprint density at radius 2 is 1.73 bits per heavy atom. The molecule has 0 radical (unpaired) electrons. The summed E-state index contributed by atoms with van der Waals surface area (Å²) in [5, 5.41) is 5.75. The van der Waals surface area contributed by atoms with Crippen molar-refractivity contribution in [2.24, 2.45) is 7.05 Å². The molecule has 6 heteroatoms. The summed E-state index contributed by atoms with van der Waals surface area (Å²) in [6, 6.07) is 14.5. The number of rotatable bonds is 4. The standard InChI is InChI=1S/C24H25N5O/c1-28-15-19(23(27-28)17-9-5-3-6-10-17)24-18-13-21(29-11-7-4-8-12-29)22(30-2)14-20(18)25-16-26-24/h3,5-6,9-10,13-16H,4,7-8,11-12H2,1-2H3. The zero-order chi connectivity index (χ0) is 20.5. The summed E-state index contributed by atoms with van der Waals surface area (Å²) in [6.45, 7) is 2.10. The summed E-state index contributed by atoms with van der Waals surface area (Å²) >= 11 is 0. The molecule has 0 spiro atoms. The van der Waals surface area contributed by atoms with Gasteiger partial charge in [-0.3, -0.25) is 4.68 Å². The smallest absolute Gasteiger partial charge is 0.144 e. The molecule has 2 aromatic carbocycles. The van der Waals surface area contributed by atoms with E-state index in [1.165, 1.54) is 19.3 Å². The van der Waals surface area contributed by atoms with Crippen LogP contribution in [0.5, 0.6) is 5.75 Å². The molecule has 0 atom stereocenters. The number of ether oxygens (including phenoxy) is 1. The van der Waals surface area contributed by atoms with Crippen LogP contribution in [0.15, 0.2) is 55.0 Å². The predicted molar refractivity (Wildman–Crippen MR) is 120 cm³/mol. The van der Waals surface area contributed by atoms with E-state index < -0.39 is 0 Å². The SMILES string of the molecule is COc1cc2ncnc(-c3cn(C)nc3-c3ccccc3)c2cc1N1CCCCC1. The fourth-order valence-electron chi connectivity index (χ4n) is 4.30. The summed E-state index contributed by atoms with van der Waals surface area (Å²) < 4.78 is 7.58. The van der Waals surface area contributed by atoms with Crippen molar-refractivity contribution in [3.8, 4) is 28.3 Å². The topological polar surface area (TPSA) is 56.1 Å². The lowest BCUT2D eigenvalue weighted by Crippen LogP contribution is -2.29. The van der Waals surface area contributed by atoms with Crippen LogP contribution in [-0.2, 0) is 7.05 Å². The van der Waals surface area contributed by atoms with Gasteiger partial charge < -0.3 is 9.64 Å². The third kappa shape index (κ3) is 3.28. The van der Waals surface area contributed by atoms with Crippen molar-refractivity contribution in [3.05, 3.63) is 55.0 Å². The van der Waals surface area contributed by atoms with E-state index in [2.05, 4.69) is 28.1 Å². The number of anilines is 1. The first-order valence-corrected chi connectivity index (χ1v) is 10.4. The first-order chi connectivity index (χ1) is 14.7. The van der Waals surface area contributed by atoms with Gasteiger partial charge in [-0.1, -0.05) is 30.3 Å². The fraction of sp³-hybridized carbons (Fsp3) is 0.292. The van der Waals surface area contributed by atoms with Crippen molar-refractivity contribution >= 4 is 16.6 Å². The van der Waals surface area contributed by atoms with Gasteiger partial charge >= 0.3 is 0 Å². The van der Waals surface area contributed by atoms with Gasteiger partial charge in [-0.15, -0.1) is 0 Å². The van der Waals surface area contributed by atoms with Crippen molar-refractivity contribution in [3.63, 3.8) is 0 Å². The summed E-state index contributed by atoms with van der Waals surface area (Å²) in [7, 11) is 3.67. The number of aromatic nitrogens is 4. The molecule has 0 N–H and O–H groups in total. The molecular formula is C24H25N5O. The van der Waals surface area contributed by atoms with E-state index in [9.17, 15) is 0 Å². The predicted octanol–water partition coefficient (Wildman–Crippen LogP) is 4.70. The summed E-state index contributed by atoms with van der Waals surface area (Å²) in [5.74, 6) is 0.864. The van der Waals surface area contributed by atoms with E-state index in [0.29, 0.717) is 0 Å². The maximum Gasteiger partial charge on any atom is 0.144 e. The molecule has 1 saturated heterocycles. The number of hydrogen-bond donors (Lipinski definition) is 0. The minimum absolute atomic E-state index is 0.864. The molecular weight excluding hydrogens is 374 g/mol. The summed E-state index contributed by atoms with van der Waals surface area (Å²) in [5.41, 5.74) is 5.89. The highest BCUT2D eigenvalue weighted by atomic mass is 16.5. The maximum absolute atomic E-state index is 5.73. The number of hydrogen-bond acceptors (Lipinski definition) is 5. The van der Waals surface area contributed by atoms with Gasteiger partial charge in [0, 0.05) is 48.9 Å². The Bertz CT molecular complexity index is 1180. The third-order valence-corrected chi connectivity index (χ3v) is 5.76. The van der Waals surface area contributed by atoms with Crippen molar-refractivity contribution in [2.75, 3.05) is 25.1 Å². The highest BCUT2D eigenvalue weighted by Crippen LogP contribution is 2.39. The Hall–Kier alpha value is -3.41. The second-order valence-corrected chi connectivity index (χ2v) is 7.74. The average Bonchev–Trinajstić information content (AvgIpc) is 3.20. The van der Waals surface area contributed by atoms with Crippen LogP contribution in [0.25, 0.3) is 33.4 Å². The van der Waals surface area contributed by atoms with E-state index in [1.807, 2.05) is 42.2 Å². The largest absolute Gasteiger partial charge is 0.495 e. The second-order valence-electron chi connectivity index (χ2n) is 7.74. The Kier molecular flexibility index (Phi) is 4.83. The number of methoxy groups -OCH3 is 1. The molecule has 1 fully saturated rings. The molecule has 6 nitrogen and oxygen atoms in total. The van der Waals surface area contributed by atoms with Crippen LogP contribution in [0.1, 0.15) is 19.3 Å². The van der Waals surface area contributed by atoms with E-state index in [-0.39, 0.29) is 0 Å². The molecule has 3 heterocycles. The van der Waals surface area contributed by atoms with Crippen LogP contribution in [0.4, 0.5) is 5.69 Å². The lowest BCUT2D eigenvalue weighted by molar-refractivity contribution is 0.413. The minimum Gasteiger partial charge on any atom is -0.495 e. The first-order valence-electron chi connectivity index (χ1n) is 10.4. The molecule has 0 saturated carbocycles. The lowest BCUT2D eigenvalue weighted by atomic mass is 10.0. The van der Waals surface area contributed by atoms with Crippen molar-refractivity contribution in [2.45, 2.75) is 19.3 Å². The Morgan fingerprint density at radius 1 is 0.933 bits per heavy atom. The second kappa shape index (κ2) is 7.78. The molecule has 5 rings (SSSR count). The van der Waals surface area contributed by atoms with E-state index in [0.717, 1.165) is 57.9 Å². The average molecular weight is 399 g/mol. The third-order valence-electron chi connectivity index (χ3n) is 5.76. The van der Waals surface area contributed by atoms with Gasteiger partial charge in [-0.05, 0) is 25.3 Å². The number of piperidine rings is 1. The Balaban J connectivity index is 1.71. The van der Waals surface area contributed by atoms with Crippen LogP contribution in [0.3, 0.4) is 0 Å². The van der Waals surface area contributed by atoms with E-state index in [4.69, 9.17) is 14.8 Å². The number of aryl methyl sites for hydroxylation is 1. The number of benzene rings is 2. The monoisotopic (exact) mass is 399 g/mol. The molecule has 1 aliphatic heterocycles. The quantitative estimate of drug-likeness (QED) is 0.498. The van der Waals surface area contributed by atoms with Gasteiger partial charge in [-0.2, -0.15) is 5.10 Å². The highest BCUT2D eigenvalue weighted by Gasteiger charge is 2.20. The fourth-order valence-corrected chi connectivity index (χ4v) is 4.30. The van der Waals surface area contributed by atoms with Crippen molar-refractivity contribution in [1.29, 1.82) is 0 Å². The zero-order valence-electron chi connectivity index (χ0n) is 17.4. The highest BCUT2D eigenvalue weighted by molar-refractivity contribution is 5.98. The zero-order valence-corrected chi connectivity index (χ0v) is 17.4. The Labute approximate surface area is 176 Å². The van der Waals surface area contributed by atoms with Crippen LogP contribution in [0, 0.1) is 0 Å². The molecule has 1 aliphatic rings. The number of fused-ring (bicyclic) bond motifs is 1. The molecule has 0 bridgehead atoms. The molecule has 0 unspecified atom stereocenters. The normalized spacial score (nSPS) is 14.3. The molecule has 2 aromatic heterocycles. The van der Waals surface area contributed by atoms with Crippen molar-refractivity contribution < 1.29 is 4.74 Å². The Morgan fingerprint density at radius 3 is 2.50 bits per heavy atom. The molecule has 152 valence electrons. The first kappa shape index (κ1) is 18.6. The van der Waals surface area contributed by atoms with Gasteiger partial charge in [0.1, 0.15) is 17.8 Å². The molecule has 4 aromatic rings. The minimum atomic E-state index is 0.864. The van der Waals surface area contributed by atoms with Crippen LogP contribution >= 0.6 is 0 Å². The summed E-state index contributed by atoms with van der Waals surface area (Å²) in [6.07, 6.45) is 7.37. The van der Waals surface area contributed by atoms with Gasteiger partial charge in [0.15, 0.2) is 0 Å². The van der Waals surface area contributed by atoms with Gasteiger partial charge in [-0.25, -0.2) is 9.97 Å². The van der Waals surface area contributed by atoms with Crippen LogP contribution in [0.2, 0.25) is 0 Å². The van der Waals surface area contributed by atoms with Gasteiger partial charge in [0.25, 0.3) is 0 Å². The maximum atomic E-state index is 5.73. The molecule has 0 amide bonds. The molecule has 30 heavy (non-hydrogen) atoms. The van der Waals surface area contributed by atoms with E-state index >= 15 is 0 Å². The molecule has 0 aliphatic carbocycles. The van der Waals surface area contributed by atoms with Crippen LogP contribution < -0.4 is 9.64 Å². The van der Waals surface area contributed by atoms with Crippen molar-refractivity contribution in [1.82, 2.24) is 19.7 Å². The van der Waals surface area contributed by atoms with E-state index in [1.54, 1.807) is 13.4 Å².